The van der Waals surface area contributed by atoms with Crippen LogP contribution in [0.15, 0.2) is 36.4 Å². The number of benzene rings is 2. The molecule has 0 saturated heterocycles. The van der Waals surface area contributed by atoms with Crippen molar-refractivity contribution in [2.24, 2.45) is 0 Å². The molecule has 0 aliphatic heterocycles. The molecule has 7 heteroatoms. The maximum absolute atomic E-state index is 12.1. The van der Waals surface area contributed by atoms with E-state index in [2.05, 4.69) is 26.1 Å². The summed E-state index contributed by atoms with van der Waals surface area (Å²) in [6.07, 6.45) is -0.0817. The molecule has 0 aliphatic rings. The monoisotopic (exact) mass is 409 g/mol. The fourth-order valence-corrected chi connectivity index (χ4v) is 2.92. The molecule has 0 heterocycles. The van der Waals surface area contributed by atoms with Gasteiger partial charge in [0.2, 0.25) is 0 Å². The number of ether oxygens (including phenoxy) is 1. The summed E-state index contributed by atoms with van der Waals surface area (Å²) in [4.78, 5) is 22.7. The van der Waals surface area contributed by atoms with Gasteiger partial charge in [0.25, 0.3) is 0 Å². The van der Waals surface area contributed by atoms with Gasteiger partial charge in [0.05, 0.1) is 22.2 Å². The number of carbonyl (C=O) groups is 2. The third kappa shape index (κ3) is 5.88. The van der Waals surface area contributed by atoms with Crippen molar-refractivity contribution in [3.8, 4) is 0 Å². The zero-order chi connectivity index (χ0) is 20.2. The molecule has 5 nitrogen and oxygen atoms in total. The highest BCUT2D eigenvalue weighted by atomic mass is 35.5. The average Bonchev–Trinajstić information content (AvgIpc) is 2.56. The molecule has 144 valence electrons. The SMILES string of the molecule is CC(C)(C)c1ccc(Nc2c(Cl)cccc2Cl)c(CC(=O)OCC(=O)O)c1. The summed E-state index contributed by atoms with van der Waals surface area (Å²) < 4.78 is 4.77. The molecule has 2 aromatic carbocycles. The van der Waals surface area contributed by atoms with Gasteiger partial charge in [-0.3, -0.25) is 4.79 Å². The number of carbonyl (C=O) groups excluding carboxylic acids is 1. The number of para-hydroxylation sites is 1. The summed E-state index contributed by atoms with van der Waals surface area (Å²) in [6.45, 7) is 5.52. The zero-order valence-corrected chi connectivity index (χ0v) is 16.8. The Kier molecular flexibility index (Phi) is 6.73. The van der Waals surface area contributed by atoms with Crippen molar-refractivity contribution >= 4 is 46.5 Å². The highest BCUT2D eigenvalue weighted by Gasteiger charge is 2.19. The Morgan fingerprint density at radius 2 is 1.74 bits per heavy atom. The van der Waals surface area contributed by atoms with Gasteiger partial charge in [-0.1, -0.05) is 62.2 Å². The molecule has 0 fully saturated rings. The van der Waals surface area contributed by atoms with Crippen molar-refractivity contribution in [2.75, 3.05) is 11.9 Å². The highest BCUT2D eigenvalue weighted by molar-refractivity contribution is 6.39. The molecule has 0 saturated carbocycles. The first-order valence-electron chi connectivity index (χ1n) is 8.30. The van der Waals surface area contributed by atoms with Crippen LogP contribution < -0.4 is 5.32 Å². The lowest BCUT2D eigenvalue weighted by Crippen LogP contribution is -2.17. The first-order valence-corrected chi connectivity index (χ1v) is 9.05. The number of carboxylic acid groups (broad SMARTS) is 1. The van der Waals surface area contributed by atoms with Gasteiger partial charge in [-0.25, -0.2) is 4.79 Å². The fraction of sp³-hybridized carbons (Fsp3) is 0.300. The van der Waals surface area contributed by atoms with E-state index >= 15 is 0 Å². The third-order valence-corrected chi connectivity index (χ3v) is 4.52. The molecular formula is C20H21Cl2NO4. The molecule has 2 rings (SSSR count). The number of esters is 1. The van der Waals surface area contributed by atoms with E-state index in [9.17, 15) is 9.59 Å². The minimum atomic E-state index is -1.20. The topological polar surface area (TPSA) is 75.6 Å². The first-order chi connectivity index (χ1) is 12.6. The van der Waals surface area contributed by atoms with Crippen LogP contribution in [0.5, 0.6) is 0 Å². The van der Waals surface area contributed by atoms with Crippen LogP contribution in [0.2, 0.25) is 10.0 Å². The van der Waals surface area contributed by atoms with Gasteiger partial charge < -0.3 is 15.2 Å². The van der Waals surface area contributed by atoms with E-state index < -0.39 is 18.5 Å². The van der Waals surface area contributed by atoms with Crippen molar-refractivity contribution in [3.05, 3.63) is 57.6 Å². The van der Waals surface area contributed by atoms with Crippen LogP contribution in [0, 0.1) is 0 Å². The Morgan fingerprint density at radius 1 is 1.11 bits per heavy atom. The van der Waals surface area contributed by atoms with Crippen molar-refractivity contribution in [1.82, 2.24) is 0 Å². The number of carboxylic acids is 1. The second kappa shape index (κ2) is 8.63. The first kappa shape index (κ1) is 21.1. The van der Waals surface area contributed by atoms with E-state index in [1.165, 1.54) is 0 Å². The average molecular weight is 410 g/mol. The minimum Gasteiger partial charge on any atom is -0.479 e. The number of anilines is 2. The normalized spacial score (nSPS) is 11.1. The number of nitrogens with one attached hydrogen (secondary N) is 1. The Balaban J connectivity index is 2.38. The van der Waals surface area contributed by atoms with Gasteiger partial charge >= 0.3 is 11.9 Å². The van der Waals surface area contributed by atoms with E-state index in [4.69, 9.17) is 33.0 Å². The quantitative estimate of drug-likeness (QED) is 0.640. The number of hydrogen-bond acceptors (Lipinski definition) is 4. The summed E-state index contributed by atoms with van der Waals surface area (Å²) >= 11 is 12.4. The predicted molar refractivity (Wildman–Crippen MR) is 107 cm³/mol. The van der Waals surface area contributed by atoms with Crippen molar-refractivity contribution in [1.29, 1.82) is 0 Å². The number of rotatable bonds is 6. The van der Waals surface area contributed by atoms with E-state index in [0.717, 1.165) is 5.56 Å². The van der Waals surface area contributed by atoms with Gasteiger partial charge in [0.15, 0.2) is 6.61 Å². The molecule has 0 unspecified atom stereocenters. The van der Waals surface area contributed by atoms with E-state index in [1.54, 1.807) is 18.2 Å². The minimum absolute atomic E-state index is 0.0817. The molecular weight excluding hydrogens is 389 g/mol. The van der Waals surface area contributed by atoms with Crippen LogP contribution in [0.25, 0.3) is 0 Å². The van der Waals surface area contributed by atoms with Gasteiger partial charge in [0, 0.05) is 5.69 Å². The Labute approximate surface area is 168 Å². The molecule has 0 aliphatic carbocycles. The molecule has 2 N–H and O–H groups in total. The van der Waals surface area contributed by atoms with E-state index in [0.29, 0.717) is 27.0 Å². The van der Waals surface area contributed by atoms with Gasteiger partial charge in [0.1, 0.15) is 0 Å². The summed E-state index contributed by atoms with van der Waals surface area (Å²) in [7, 11) is 0. The van der Waals surface area contributed by atoms with Crippen LogP contribution in [0.3, 0.4) is 0 Å². The van der Waals surface area contributed by atoms with Crippen LogP contribution in [0.1, 0.15) is 31.9 Å². The molecule has 27 heavy (non-hydrogen) atoms. The van der Waals surface area contributed by atoms with E-state index in [-0.39, 0.29) is 11.8 Å². The summed E-state index contributed by atoms with van der Waals surface area (Å²) in [5.41, 5.74) is 2.74. The lowest BCUT2D eigenvalue weighted by Gasteiger charge is -2.22. The number of halogens is 2. The van der Waals surface area contributed by atoms with E-state index in [1.807, 2.05) is 18.2 Å². The molecule has 0 atom stereocenters. The second-order valence-electron chi connectivity index (χ2n) is 7.07. The molecule has 0 spiro atoms. The largest absolute Gasteiger partial charge is 0.479 e. The molecule has 0 aromatic heterocycles. The van der Waals surface area contributed by atoms with Gasteiger partial charge in [-0.2, -0.15) is 0 Å². The maximum Gasteiger partial charge on any atom is 0.341 e. The Morgan fingerprint density at radius 3 is 2.30 bits per heavy atom. The molecule has 0 bridgehead atoms. The summed E-state index contributed by atoms with van der Waals surface area (Å²) in [5.74, 6) is -1.83. The zero-order valence-electron chi connectivity index (χ0n) is 15.3. The molecule has 0 radical (unpaired) electrons. The Bertz CT molecular complexity index is 839. The van der Waals surface area contributed by atoms with Crippen LogP contribution in [-0.4, -0.2) is 23.7 Å². The maximum atomic E-state index is 12.1. The smallest absolute Gasteiger partial charge is 0.341 e. The van der Waals surface area contributed by atoms with Crippen LogP contribution in [-0.2, 0) is 26.2 Å². The third-order valence-electron chi connectivity index (χ3n) is 3.89. The highest BCUT2D eigenvalue weighted by Crippen LogP contribution is 2.35. The second-order valence-corrected chi connectivity index (χ2v) is 7.89. The van der Waals surface area contributed by atoms with Crippen molar-refractivity contribution in [2.45, 2.75) is 32.6 Å². The van der Waals surface area contributed by atoms with Crippen molar-refractivity contribution in [3.63, 3.8) is 0 Å². The van der Waals surface area contributed by atoms with Crippen LogP contribution in [0.4, 0.5) is 11.4 Å². The van der Waals surface area contributed by atoms with Crippen LogP contribution >= 0.6 is 23.2 Å². The van der Waals surface area contributed by atoms with Gasteiger partial charge in [-0.15, -0.1) is 0 Å². The lowest BCUT2D eigenvalue weighted by atomic mass is 9.85. The number of hydrogen-bond donors (Lipinski definition) is 2. The lowest BCUT2D eigenvalue weighted by molar-refractivity contribution is -0.154. The predicted octanol–water partition coefficient (Wildman–Crippen LogP) is 5.20. The molecule has 0 amide bonds. The van der Waals surface area contributed by atoms with Gasteiger partial charge in [-0.05, 0) is 34.7 Å². The summed E-state index contributed by atoms with van der Waals surface area (Å²) in [5, 5.41) is 12.7. The standard InChI is InChI=1S/C20H21Cl2NO4/c1-20(2,3)13-7-8-16(23-19-14(21)5-4-6-15(19)22)12(9-13)10-18(26)27-11-17(24)25/h4-9,23H,10-11H2,1-3H3,(H,24,25). The summed E-state index contributed by atoms with van der Waals surface area (Å²) in [6, 6.07) is 10.9. The Hall–Kier alpha value is -2.24. The molecule has 2 aromatic rings. The fourth-order valence-electron chi connectivity index (χ4n) is 2.43. The van der Waals surface area contributed by atoms with Crippen molar-refractivity contribution < 1.29 is 19.4 Å². The number of aliphatic carboxylic acids is 1.